The van der Waals surface area contributed by atoms with Gasteiger partial charge in [-0.15, -0.1) is 0 Å². The van der Waals surface area contributed by atoms with Gasteiger partial charge in [0.15, 0.2) is 0 Å². The molecule has 1 aromatic heterocycles. The van der Waals surface area contributed by atoms with Crippen molar-refractivity contribution in [2.24, 2.45) is 0 Å². The highest BCUT2D eigenvalue weighted by Gasteiger charge is 2.29. The van der Waals surface area contributed by atoms with E-state index >= 15 is 0 Å². The molecule has 0 saturated carbocycles. The summed E-state index contributed by atoms with van der Waals surface area (Å²) in [6.45, 7) is 7.64. The normalized spacial score (nSPS) is 11.1. The van der Waals surface area contributed by atoms with E-state index in [1.807, 2.05) is 45.9 Å². The molecule has 5 nitrogen and oxygen atoms in total. The van der Waals surface area contributed by atoms with Crippen molar-refractivity contribution in [3.63, 3.8) is 0 Å². The Balaban J connectivity index is 2.69. The van der Waals surface area contributed by atoms with Gasteiger partial charge in [0.1, 0.15) is 5.69 Å². The molecular weight excluding hydrogens is 278 g/mol. The van der Waals surface area contributed by atoms with Gasteiger partial charge < -0.3 is 0 Å². The summed E-state index contributed by atoms with van der Waals surface area (Å²) in [4.78, 5) is 10.7. The Morgan fingerprint density at radius 1 is 1.35 bits per heavy atom. The first-order chi connectivity index (χ1) is 9.32. The molecule has 6 heteroatoms. The molecule has 0 radical (unpaired) electrons. The zero-order valence-electron chi connectivity index (χ0n) is 11.8. The predicted octanol–water partition coefficient (Wildman–Crippen LogP) is 4.17. The van der Waals surface area contributed by atoms with Crippen LogP contribution in [0.3, 0.4) is 0 Å². The molecule has 2 aromatic rings. The maximum Gasteiger partial charge on any atom is 0.329 e. The van der Waals surface area contributed by atoms with Crippen LogP contribution in [0.2, 0.25) is 5.15 Å². The highest BCUT2D eigenvalue weighted by molar-refractivity contribution is 6.32. The molecule has 20 heavy (non-hydrogen) atoms. The maximum absolute atomic E-state index is 11.2. The molecule has 0 aliphatic carbocycles. The molecule has 1 heterocycles. The Morgan fingerprint density at radius 3 is 2.45 bits per heavy atom. The van der Waals surface area contributed by atoms with Gasteiger partial charge in [-0.3, -0.25) is 10.1 Å². The van der Waals surface area contributed by atoms with Crippen LogP contribution in [0.1, 0.15) is 36.6 Å². The summed E-state index contributed by atoms with van der Waals surface area (Å²) in [5, 5.41) is 15.6. The Labute approximate surface area is 122 Å². The highest BCUT2D eigenvalue weighted by Crippen LogP contribution is 2.35. The van der Waals surface area contributed by atoms with Gasteiger partial charge in [-0.05, 0) is 25.5 Å². The number of rotatable bonds is 3. The molecule has 0 amide bonds. The summed E-state index contributed by atoms with van der Waals surface area (Å²) in [5.74, 6) is -0.0695. The lowest BCUT2D eigenvalue weighted by Crippen LogP contribution is -2.01. The Hall–Kier alpha value is -1.88. The topological polar surface area (TPSA) is 61.0 Å². The number of aryl methyl sites for hydroxylation is 2. The van der Waals surface area contributed by atoms with Crippen molar-refractivity contribution in [3.05, 3.63) is 50.3 Å². The first kappa shape index (κ1) is 14.5. The van der Waals surface area contributed by atoms with E-state index in [4.69, 9.17) is 11.6 Å². The molecule has 2 rings (SSSR count). The fourth-order valence-electron chi connectivity index (χ4n) is 2.17. The second-order valence-electron chi connectivity index (χ2n) is 5.14. The average molecular weight is 294 g/mol. The standard InChI is InChI=1S/C14H16ClN3O2/c1-8(2)12-13(18(19)20)14(15)17(16-12)11-6-5-9(3)7-10(11)4/h5-8H,1-4H3. The van der Waals surface area contributed by atoms with Gasteiger partial charge in [-0.2, -0.15) is 5.10 Å². The van der Waals surface area contributed by atoms with Crippen LogP contribution in [-0.2, 0) is 0 Å². The van der Waals surface area contributed by atoms with Gasteiger partial charge >= 0.3 is 5.69 Å². The summed E-state index contributed by atoms with van der Waals surface area (Å²) in [6.07, 6.45) is 0. The third kappa shape index (κ3) is 2.41. The molecule has 0 aliphatic heterocycles. The number of aromatic nitrogens is 2. The molecule has 0 atom stereocenters. The Morgan fingerprint density at radius 2 is 2.00 bits per heavy atom. The molecule has 0 spiro atoms. The van der Waals surface area contributed by atoms with E-state index in [0.717, 1.165) is 16.8 Å². The predicted molar refractivity (Wildman–Crippen MR) is 78.8 cm³/mol. The summed E-state index contributed by atoms with van der Waals surface area (Å²) in [7, 11) is 0. The molecular formula is C14H16ClN3O2. The Kier molecular flexibility index (Phi) is 3.81. The lowest BCUT2D eigenvalue weighted by molar-refractivity contribution is -0.385. The summed E-state index contributed by atoms with van der Waals surface area (Å²) in [6, 6.07) is 5.80. The largest absolute Gasteiger partial charge is 0.329 e. The van der Waals surface area contributed by atoms with Crippen molar-refractivity contribution < 1.29 is 4.92 Å². The minimum absolute atomic E-state index is 0.0469. The van der Waals surface area contributed by atoms with Crippen LogP contribution in [0, 0.1) is 24.0 Å². The molecule has 0 fully saturated rings. The van der Waals surface area contributed by atoms with E-state index in [1.165, 1.54) is 4.68 Å². The lowest BCUT2D eigenvalue weighted by Gasteiger charge is -2.07. The Bertz CT molecular complexity index is 677. The molecule has 0 unspecified atom stereocenters. The number of halogens is 1. The third-order valence-corrected chi connectivity index (χ3v) is 3.48. The van der Waals surface area contributed by atoms with Crippen LogP contribution in [0.5, 0.6) is 0 Å². The van der Waals surface area contributed by atoms with Crippen molar-refractivity contribution in [3.8, 4) is 5.69 Å². The van der Waals surface area contributed by atoms with Gasteiger partial charge in [0.25, 0.3) is 0 Å². The van der Waals surface area contributed by atoms with E-state index in [1.54, 1.807) is 0 Å². The van der Waals surface area contributed by atoms with Crippen LogP contribution >= 0.6 is 11.6 Å². The van der Waals surface area contributed by atoms with Crippen LogP contribution in [0.15, 0.2) is 18.2 Å². The van der Waals surface area contributed by atoms with E-state index in [2.05, 4.69) is 5.10 Å². The van der Waals surface area contributed by atoms with Crippen LogP contribution in [-0.4, -0.2) is 14.7 Å². The summed E-state index contributed by atoms with van der Waals surface area (Å²) >= 11 is 6.17. The summed E-state index contributed by atoms with van der Waals surface area (Å²) < 4.78 is 1.45. The minimum atomic E-state index is -0.468. The van der Waals surface area contributed by atoms with Gasteiger partial charge in [0, 0.05) is 5.92 Å². The number of hydrogen-bond donors (Lipinski definition) is 0. The third-order valence-electron chi connectivity index (χ3n) is 3.14. The van der Waals surface area contributed by atoms with Crippen molar-refractivity contribution in [1.82, 2.24) is 9.78 Å². The SMILES string of the molecule is Cc1ccc(-n2nc(C(C)C)c([N+](=O)[O-])c2Cl)c(C)c1. The van der Waals surface area contributed by atoms with Crippen LogP contribution < -0.4 is 0 Å². The number of benzene rings is 1. The second kappa shape index (κ2) is 5.25. The average Bonchev–Trinajstić information content (AvgIpc) is 2.67. The van der Waals surface area contributed by atoms with Crippen LogP contribution in [0.25, 0.3) is 5.69 Å². The zero-order chi connectivity index (χ0) is 15.0. The second-order valence-corrected chi connectivity index (χ2v) is 5.50. The van der Waals surface area contributed by atoms with E-state index in [-0.39, 0.29) is 16.8 Å². The van der Waals surface area contributed by atoms with E-state index < -0.39 is 4.92 Å². The number of nitrogens with zero attached hydrogens (tertiary/aromatic N) is 3. The molecule has 0 saturated heterocycles. The van der Waals surface area contributed by atoms with E-state index in [0.29, 0.717) is 5.69 Å². The van der Waals surface area contributed by atoms with Crippen LogP contribution in [0.4, 0.5) is 5.69 Å². The summed E-state index contributed by atoms with van der Waals surface area (Å²) in [5.41, 5.74) is 3.14. The molecule has 1 aromatic carbocycles. The lowest BCUT2D eigenvalue weighted by atomic mass is 10.1. The van der Waals surface area contributed by atoms with Crippen molar-refractivity contribution in [2.45, 2.75) is 33.6 Å². The first-order valence-corrected chi connectivity index (χ1v) is 6.71. The fourth-order valence-corrected chi connectivity index (χ4v) is 2.46. The molecule has 106 valence electrons. The van der Waals surface area contributed by atoms with Gasteiger partial charge in [0.05, 0.1) is 10.6 Å². The van der Waals surface area contributed by atoms with Gasteiger partial charge in [0.2, 0.25) is 5.15 Å². The monoisotopic (exact) mass is 293 g/mol. The first-order valence-electron chi connectivity index (χ1n) is 6.33. The molecule has 0 aliphatic rings. The van der Waals surface area contributed by atoms with E-state index in [9.17, 15) is 10.1 Å². The highest BCUT2D eigenvalue weighted by atomic mass is 35.5. The molecule has 0 bridgehead atoms. The quantitative estimate of drug-likeness (QED) is 0.630. The zero-order valence-corrected chi connectivity index (χ0v) is 12.6. The minimum Gasteiger partial charge on any atom is -0.258 e. The van der Waals surface area contributed by atoms with Crippen molar-refractivity contribution in [2.75, 3.05) is 0 Å². The molecule has 0 N–H and O–H groups in total. The van der Waals surface area contributed by atoms with Crippen molar-refractivity contribution >= 4 is 17.3 Å². The smallest absolute Gasteiger partial charge is 0.258 e. The number of nitro groups is 1. The maximum atomic E-state index is 11.2. The number of hydrogen-bond acceptors (Lipinski definition) is 3. The van der Waals surface area contributed by atoms with Crippen molar-refractivity contribution in [1.29, 1.82) is 0 Å². The fraction of sp³-hybridized carbons (Fsp3) is 0.357. The van der Waals surface area contributed by atoms with Gasteiger partial charge in [-0.25, -0.2) is 4.68 Å². The van der Waals surface area contributed by atoms with Gasteiger partial charge in [-0.1, -0.05) is 43.1 Å².